The molecule has 25 heavy (non-hydrogen) atoms. The molecule has 3 rings (SSSR count). The lowest BCUT2D eigenvalue weighted by Gasteiger charge is -2.32. The second-order valence-electron chi connectivity index (χ2n) is 6.16. The van der Waals surface area contributed by atoms with E-state index in [1.54, 1.807) is 4.90 Å². The van der Waals surface area contributed by atoms with Gasteiger partial charge in [0.05, 0.1) is 12.6 Å². The number of likely N-dealkylation sites (N-methyl/N-ethyl adjacent to an activating group) is 1. The molecule has 2 heterocycles. The maximum absolute atomic E-state index is 11.9. The quantitative estimate of drug-likeness (QED) is 0.889. The van der Waals surface area contributed by atoms with Crippen molar-refractivity contribution in [3.63, 3.8) is 0 Å². The van der Waals surface area contributed by atoms with Crippen LogP contribution in [0.3, 0.4) is 0 Å². The Morgan fingerprint density at radius 2 is 2.12 bits per heavy atom. The topological polar surface area (TPSA) is 61.4 Å². The molecule has 0 spiro atoms. The number of halogens is 1. The first-order valence-electron chi connectivity index (χ1n) is 8.39. The molecule has 1 saturated heterocycles. The second kappa shape index (κ2) is 7.70. The van der Waals surface area contributed by atoms with Crippen LogP contribution in [0.5, 0.6) is 0 Å². The van der Waals surface area contributed by atoms with Gasteiger partial charge in [-0.3, -0.25) is 4.79 Å². The highest BCUT2D eigenvalue weighted by Gasteiger charge is 2.22. The van der Waals surface area contributed by atoms with Gasteiger partial charge in [-0.15, -0.1) is 0 Å². The van der Waals surface area contributed by atoms with E-state index in [2.05, 4.69) is 22.2 Å². The Kier molecular flexibility index (Phi) is 5.38. The van der Waals surface area contributed by atoms with Crippen LogP contribution in [0, 0.1) is 0 Å². The number of nitrogens with one attached hydrogen (secondary N) is 1. The molecule has 1 aliphatic rings. The molecule has 1 unspecified atom stereocenters. The molecule has 2 aromatic rings. The number of nitrogens with zero attached hydrogens (tertiary/aromatic N) is 4. The van der Waals surface area contributed by atoms with Crippen molar-refractivity contribution in [1.82, 2.24) is 14.9 Å². The van der Waals surface area contributed by atoms with E-state index in [0.29, 0.717) is 13.1 Å². The first-order valence-corrected chi connectivity index (χ1v) is 8.77. The first kappa shape index (κ1) is 17.5. The number of piperazine rings is 1. The number of amides is 1. The summed E-state index contributed by atoms with van der Waals surface area (Å²) < 4.78 is 0. The Morgan fingerprint density at radius 1 is 1.28 bits per heavy atom. The number of anilines is 2. The molecule has 1 fully saturated rings. The molecule has 1 aromatic carbocycles. The van der Waals surface area contributed by atoms with Gasteiger partial charge < -0.3 is 15.1 Å². The van der Waals surface area contributed by atoms with Crippen LogP contribution in [-0.4, -0.2) is 47.5 Å². The van der Waals surface area contributed by atoms with Crippen molar-refractivity contribution in [2.24, 2.45) is 0 Å². The Labute approximate surface area is 152 Å². The average molecular weight is 360 g/mol. The Hall–Kier alpha value is -2.34. The Morgan fingerprint density at radius 3 is 2.84 bits per heavy atom. The van der Waals surface area contributed by atoms with Gasteiger partial charge in [0.15, 0.2) is 0 Å². The van der Waals surface area contributed by atoms with Crippen molar-refractivity contribution in [3.8, 4) is 0 Å². The van der Waals surface area contributed by atoms with Crippen molar-refractivity contribution in [2.75, 3.05) is 36.9 Å². The second-order valence-corrected chi connectivity index (χ2v) is 6.59. The Balaban J connectivity index is 1.76. The van der Waals surface area contributed by atoms with Gasteiger partial charge in [0.25, 0.3) is 0 Å². The van der Waals surface area contributed by atoms with Crippen LogP contribution >= 0.6 is 11.6 Å². The summed E-state index contributed by atoms with van der Waals surface area (Å²) in [4.78, 5) is 24.3. The third kappa shape index (κ3) is 4.20. The normalized spacial score (nSPS) is 16.0. The van der Waals surface area contributed by atoms with Gasteiger partial charge in [0, 0.05) is 31.2 Å². The summed E-state index contributed by atoms with van der Waals surface area (Å²) in [5, 5.41) is 4.16. The summed E-state index contributed by atoms with van der Waals surface area (Å²) >= 11 is 6.11. The van der Waals surface area contributed by atoms with Gasteiger partial charge in [-0.1, -0.05) is 30.7 Å². The minimum absolute atomic E-state index is 0.102. The maximum Gasteiger partial charge on any atom is 0.241 e. The highest BCUT2D eigenvalue weighted by Crippen LogP contribution is 2.25. The number of hydrogen-bond acceptors (Lipinski definition) is 5. The van der Waals surface area contributed by atoms with Crippen LogP contribution in [0.4, 0.5) is 11.6 Å². The smallest absolute Gasteiger partial charge is 0.241 e. The summed E-state index contributed by atoms with van der Waals surface area (Å²) in [6.07, 6.45) is 2.43. The zero-order valence-corrected chi connectivity index (χ0v) is 15.2. The maximum atomic E-state index is 11.9. The van der Waals surface area contributed by atoms with E-state index in [0.717, 1.165) is 35.2 Å². The lowest BCUT2D eigenvalue weighted by Crippen LogP contribution is -2.48. The number of benzene rings is 1. The number of carbonyl (C=O) groups excluding carboxylic acids is 1. The predicted molar refractivity (Wildman–Crippen MR) is 100.0 cm³/mol. The van der Waals surface area contributed by atoms with Gasteiger partial charge in [-0.2, -0.15) is 0 Å². The summed E-state index contributed by atoms with van der Waals surface area (Å²) in [6, 6.07) is 9.83. The van der Waals surface area contributed by atoms with E-state index in [4.69, 9.17) is 11.6 Å². The highest BCUT2D eigenvalue weighted by molar-refractivity contribution is 6.30. The number of carbonyl (C=O) groups is 1. The van der Waals surface area contributed by atoms with Crippen molar-refractivity contribution in [2.45, 2.75) is 19.4 Å². The molecule has 0 saturated carbocycles. The zero-order valence-electron chi connectivity index (χ0n) is 14.4. The number of rotatable bonds is 5. The number of hydrogen-bond donors (Lipinski definition) is 1. The minimum Gasteiger partial charge on any atom is -0.363 e. The van der Waals surface area contributed by atoms with Crippen LogP contribution < -0.4 is 10.2 Å². The highest BCUT2D eigenvalue weighted by atomic mass is 35.5. The van der Waals surface area contributed by atoms with Gasteiger partial charge in [-0.25, -0.2) is 9.97 Å². The van der Waals surface area contributed by atoms with Gasteiger partial charge in [0.2, 0.25) is 5.91 Å². The molecule has 1 aliphatic heterocycles. The van der Waals surface area contributed by atoms with Crippen molar-refractivity contribution >= 4 is 29.1 Å². The molecule has 7 heteroatoms. The fraction of sp³-hybridized carbons (Fsp3) is 0.389. The summed E-state index contributed by atoms with van der Waals surface area (Å²) in [6.45, 7) is 3.92. The van der Waals surface area contributed by atoms with Crippen LogP contribution in [0.15, 0.2) is 36.7 Å². The minimum atomic E-state index is 0.102. The molecule has 1 N–H and O–H groups in total. The van der Waals surface area contributed by atoms with Crippen LogP contribution in [-0.2, 0) is 4.79 Å². The third-order valence-corrected chi connectivity index (χ3v) is 4.65. The van der Waals surface area contributed by atoms with Crippen molar-refractivity contribution in [3.05, 3.63) is 47.2 Å². The largest absolute Gasteiger partial charge is 0.363 e. The molecule has 0 aliphatic carbocycles. The van der Waals surface area contributed by atoms with E-state index < -0.39 is 0 Å². The van der Waals surface area contributed by atoms with E-state index in [-0.39, 0.29) is 11.9 Å². The Bertz CT molecular complexity index is 754. The van der Waals surface area contributed by atoms with E-state index >= 15 is 0 Å². The van der Waals surface area contributed by atoms with Gasteiger partial charge in [-0.05, 0) is 24.1 Å². The molecule has 6 nitrogen and oxygen atoms in total. The molecule has 0 bridgehead atoms. The molecule has 1 amide bonds. The van der Waals surface area contributed by atoms with Crippen LogP contribution in [0.25, 0.3) is 0 Å². The fourth-order valence-electron chi connectivity index (χ4n) is 2.88. The van der Waals surface area contributed by atoms with E-state index in [1.165, 1.54) is 6.33 Å². The molecule has 0 radical (unpaired) electrons. The molecule has 1 aromatic heterocycles. The van der Waals surface area contributed by atoms with Crippen molar-refractivity contribution in [1.29, 1.82) is 0 Å². The summed E-state index contributed by atoms with van der Waals surface area (Å²) in [5.74, 6) is 1.60. The zero-order chi connectivity index (χ0) is 17.8. The fourth-order valence-corrected chi connectivity index (χ4v) is 3.07. The SMILES string of the molecule is CCC(Nc1cc(N2CCN(C)C(=O)C2)ncn1)c1cccc(Cl)c1. The molecular weight excluding hydrogens is 338 g/mol. The standard InChI is InChI=1S/C18H22ClN5O/c1-3-15(13-5-4-6-14(19)9-13)22-16-10-17(21-12-20-16)24-8-7-23(2)18(25)11-24/h4-6,9-10,12,15H,3,7-8,11H2,1-2H3,(H,20,21,22). The molecule has 1 atom stereocenters. The summed E-state index contributed by atoms with van der Waals surface area (Å²) in [7, 11) is 1.82. The van der Waals surface area contributed by atoms with Gasteiger partial charge in [0.1, 0.15) is 18.0 Å². The lowest BCUT2D eigenvalue weighted by atomic mass is 10.0. The van der Waals surface area contributed by atoms with Crippen molar-refractivity contribution < 1.29 is 4.79 Å². The monoisotopic (exact) mass is 359 g/mol. The predicted octanol–water partition coefficient (Wildman–Crippen LogP) is 2.97. The number of aromatic nitrogens is 2. The molecular formula is C18H22ClN5O. The van der Waals surface area contributed by atoms with Crippen LogP contribution in [0.1, 0.15) is 24.9 Å². The van der Waals surface area contributed by atoms with E-state index in [9.17, 15) is 4.79 Å². The summed E-state index contributed by atoms with van der Waals surface area (Å²) in [5.41, 5.74) is 1.12. The first-order chi connectivity index (χ1) is 12.1. The molecule has 132 valence electrons. The van der Waals surface area contributed by atoms with Crippen LogP contribution in [0.2, 0.25) is 5.02 Å². The van der Waals surface area contributed by atoms with E-state index in [1.807, 2.05) is 42.3 Å². The lowest BCUT2D eigenvalue weighted by molar-refractivity contribution is -0.129. The third-order valence-electron chi connectivity index (χ3n) is 4.42. The van der Waals surface area contributed by atoms with Gasteiger partial charge >= 0.3 is 0 Å². The average Bonchev–Trinajstić information content (AvgIpc) is 2.62.